The standard InChI is InChI=1S/C21H25NO3S/c1-5-17-13-18(21(24)25-6-2)20(26-17)22-19(23)12-9-15-7-10-16(11-8-15)14(3)4/h7-14H,5-6H2,1-4H3,(H,22,23)/b12-9+. The van der Waals surface area contributed by atoms with Gasteiger partial charge < -0.3 is 10.1 Å². The van der Waals surface area contributed by atoms with Crippen LogP contribution in [0.15, 0.2) is 36.4 Å². The van der Waals surface area contributed by atoms with E-state index < -0.39 is 5.97 Å². The topological polar surface area (TPSA) is 55.4 Å². The number of anilines is 1. The van der Waals surface area contributed by atoms with Crippen LogP contribution in [0, 0.1) is 0 Å². The molecule has 1 N–H and O–H groups in total. The predicted molar refractivity (Wildman–Crippen MR) is 108 cm³/mol. The molecule has 0 aliphatic heterocycles. The molecule has 1 aromatic heterocycles. The normalized spacial score (nSPS) is 11.1. The van der Waals surface area contributed by atoms with Crippen LogP contribution in [0.1, 0.15) is 60.0 Å². The Morgan fingerprint density at radius 1 is 1.19 bits per heavy atom. The van der Waals surface area contributed by atoms with Crippen molar-refractivity contribution in [1.29, 1.82) is 0 Å². The molecule has 0 aliphatic carbocycles. The number of aryl methyl sites for hydroxylation is 1. The maximum absolute atomic E-state index is 12.2. The number of amides is 1. The summed E-state index contributed by atoms with van der Waals surface area (Å²) in [5.74, 6) is -0.204. The molecule has 1 heterocycles. The van der Waals surface area contributed by atoms with E-state index in [0.29, 0.717) is 23.1 Å². The zero-order valence-corrected chi connectivity index (χ0v) is 16.5. The second kappa shape index (κ2) is 9.34. The molecule has 0 saturated heterocycles. The van der Waals surface area contributed by atoms with Crippen LogP contribution in [0.5, 0.6) is 0 Å². The molecule has 138 valence electrons. The summed E-state index contributed by atoms with van der Waals surface area (Å²) >= 11 is 1.40. The minimum atomic E-state index is -0.410. The Bertz CT molecular complexity index is 788. The number of rotatable bonds is 7. The molecule has 0 unspecified atom stereocenters. The number of benzene rings is 1. The summed E-state index contributed by atoms with van der Waals surface area (Å²) in [6.45, 7) is 8.36. The number of carbonyl (C=O) groups is 2. The van der Waals surface area contributed by atoms with Crippen LogP contribution >= 0.6 is 11.3 Å². The zero-order valence-electron chi connectivity index (χ0n) is 15.7. The fourth-order valence-electron chi connectivity index (χ4n) is 2.39. The molecule has 0 atom stereocenters. The number of nitrogens with one attached hydrogen (secondary N) is 1. The molecule has 0 aliphatic rings. The van der Waals surface area contributed by atoms with Crippen molar-refractivity contribution >= 4 is 34.3 Å². The Kier molecular flexibility index (Phi) is 7.16. The monoisotopic (exact) mass is 371 g/mol. The number of carbonyl (C=O) groups excluding carboxylic acids is 2. The van der Waals surface area contributed by atoms with Crippen molar-refractivity contribution in [3.8, 4) is 0 Å². The molecule has 0 spiro atoms. The van der Waals surface area contributed by atoms with E-state index in [1.165, 1.54) is 23.0 Å². The van der Waals surface area contributed by atoms with E-state index in [-0.39, 0.29) is 5.91 Å². The van der Waals surface area contributed by atoms with Gasteiger partial charge in [0, 0.05) is 11.0 Å². The lowest BCUT2D eigenvalue weighted by atomic mass is 10.0. The van der Waals surface area contributed by atoms with Crippen LogP contribution in [0.2, 0.25) is 0 Å². The highest BCUT2D eigenvalue weighted by Gasteiger charge is 2.17. The molecule has 2 aromatic rings. The Balaban J connectivity index is 2.09. The highest BCUT2D eigenvalue weighted by molar-refractivity contribution is 7.16. The van der Waals surface area contributed by atoms with Crippen molar-refractivity contribution in [3.05, 3.63) is 58.0 Å². The van der Waals surface area contributed by atoms with Crippen molar-refractivity contribution < 1.29 is 14.3 Å². The first-order valence-electron chi connectivity index (χ1n) is 8.83. The Labute approximate surface area is 158 Å². The van der Waals surface area contributed by atoms with Gasteiger partial charge in [0.2, 0.25) is 5.91 Å². The molecule has 0 saturated carbocycles. The first-order chi connectivity index (χ1) is 12.4. The van der Waals surface area contributed by atoms with Crippen LogP contribution in [0.4, 0.5) is 5.00 Å². The minimum absolute atomic E-state index is 0.270. The maximum Gasteiger partial charge on any atom is 0.341 e. The SMILES string of the molecule is CCOC(=O)c1cc(CC)sc1NC(=O)/C=C/c1ccc(C(C)C)cc1. The Hall–Kier alpha value is -2.40. The fraction of sp³-hybridized carbons (Fsp3) is 0.333. The van der Waals surface area contributed by atoms with Gasteiger partial charge in [-0.25, -0.2) is 4.79 Å². The molecule has 0 radical (unpaired) electrons. The van der Waals surface area contributed by atoms with Crippen LogP contribution in [-0.2, 0) is 16.0 Å². The Morgan fingerprint density at radius 3 is 2.46 bits per heavy atom. The molecular weight excluding hydrogens is 346 g/mol. The van der Waals surface area contributed by atoms with Crippen LogP contribution in [0.25, 0.3) is 6.08 Å². The van der Waals surface area contributed by atoms with Gasteiger partial charge in [-0.1, -0.05) is 45.0 Å². The second-order valence-corrected chi connectivity index (χ2v) is 7.31. The van der Waals surface area contributed by atoms with Crippen LogP contribution < -0.4 is 5.32 Å². The van der Waals surface area contributed by atoms with Gasteiger partial charge in [-0.2, -0.15) is 0 Å². The minimum Gasteiger partial charge on any atom is -0.462 e. The number of esters is 1. The third kappa shape index (κ3) is 5.30. The summed E-state index contributed by atoms with van der Waals surface area (Å²) in [5.41, 5.74) is 2.63. The van der Waals surface area contributed by atoms with Gasteiger partial charge >= 0.3 is 5.97 Å². The fourth-order valence-corrected chi connectivity index (χ4v) is 3.37. The van der Waals surface area contributed by atoms with Gasteiger partial charge in [-0.3, -0.25) is 4.79 Å². The molecule has 2 rings (SSSR count). The summed E-state index contributed by atoms with van der Waals surface area (Å²) in [4.78, 5) is 25.3. The van der Waals surface area contributed by atoms with E-state index in [1.54, 1.807) is 19.1 Å². The predicted octanol–water partition coefficient (Wildman–Crippen LogP) is 5.26. The molecular formula is C21H25NO3S. The summed E-state index contributed by atoms with van der Waals surface area (Å²) in [6.07, 6.45) is 4.04. The van der Waals surface area contributed by atoms with Gasteiger partial charge in [0.1, 0.15) is 5.00 Å². The average molecular weight is 372 g/mol. The van der Waals surface area contributed by atoms with E-state index >= 15 is 0 Å². The van der Waals surface area contributed by atoms with E-state index in [9.17, 15) is 9.59 Å². The van der Waals surface area contributed by atoms with Crippen molar-refractivity contribution in [1.82, 2.24) is 0 Å². The second-order valence-electron chi connectivity index (χ2n) is 6.17. The lowest BCUT2D eigenvalue weighted by Crippen LogP contribution is -2.11. The van der Waals surface area contributed by atoms with E-state index in [2.05, 4.69) is 31.3 Å². The summed E-state index contributed by atoms with van der Waals surface area (Å²) in [5, 5.41) is 3.33. The summed E-state index contributed by atoms with van der Waals surface area (Å²) < 4.78 is 5.07. The quantitative estimate of drug-likeness (QED) is 0.533. The maximum atomic E-state index is 12.2. The molecule has 0 bridgehead atoms. The number of ether oxygens (including phenoxy) is 1. The lowest BCUT2D eigenvalue weighted by Gasteiger charge is -2.05. The van der Waals surface area contributed by atoms with Crippen molar-refractivity contribution in [2.75, 3.05) is 11.9 Å². The first kappa shape index (κ1) is 19.9. The molecule has 0 fully saturated rings. The van der Waals surface area contributed by atoms with Crippen molar-refractivity contribution in [2.24, 2.45) is 0 Å². The smallest absolute Gasteiger partial charge is 0.341 e. The highest BCUT2D eigenvalue weighted by atomic mass is 32.1. The van der Waals surface area contributed by atoms with Gasteiger partial charge in [-0.05, 0) is 42.5 Å². The molecule has 1 amide bonds. The Morgan fingerprint density at radius 2 is 1.88 bits per heavy atom. The molecule has 4 nitrogen and oxygen atoms in total. The van der Waals surface area contributed by atoms with Gasteiger partial charge in [0.25, 0.3) is 0 Å². The third-order valence-corrected chi connectivity index (χ3v) is 5.09. The van der Waals surface area contributed by atoms with Crippen molar-refractivity contribution in [3.63, 3.8) is 0 Å². The lowest BCUT2D eigenvalue weighted by molar-refractivity contribution is -0.111. The van der Waals surface area contributed by atoms with Gasteiger partial charge in [-0.15, -0.1) is 11.3 Å². The third-order valence-electron chi connectivity index (χ3n) is 3.89. The number of thiophene rings is 1. The molecule has 5 heteroatoms. The van der Waals surface area contributed by atoms with Gasteiger partial charge in [0.15, 0.2) is 0 Å². The number of hydrogen-bond acceptors (Lipinski definition) is 4. The first-order valence-corrected chi connectivity index (χ1v) is 9.65. The average Bonchev–Trinajstić information content (AvgIpc) is 3.03. The van der Waals surface area contributed by atoms with Crippen LogP contribution in [-0.4, -0.2) is 18.5 Å². The summed E-state index contributed by atoms with van der Waals surface area (Å²) in [7, 11) is 0. The van der Waals surface area contributed by atoms with Crippen LogP contribution in [0.3, 0.4) is 0 Å². The van der Waals surface area contributed by atoms with E-state index in [1.807, 2.05) is 19.1 Å². The van der Waals surface area contributed by atoms with Gasteiger partial charge in [0.05, 0.1) is 12.2 Å². The highest BCUT2D eigenvalue weighted by Crippen LogP contribution is 2.29. The molecule has 1 aromatic carbocycles. The zero-order chi connectivity index (χ0) is 19.1. The van der Waals surface area contributed by atoms with Crippen molar-refractivity contribution in [2.45, 2.75) is 40.0 Å². The molecule has 26 heavy (non-hydrogen) atoms. The van der Waals surface area contributed by atoms with E-state index in [0.717, 1.165) is 16.9 Å². The summed E-state index contributed by atoms with van der Waals surface area (Å²) in [6, 6.07) is 9.89. The largest absolute Gasteiger partial charge is 0.462 e. The van der Waals surface area contributed by atoms with E-state index in [4.69, 9.17) is 4.74 Å². The number of hydrogen-bond donors (Lipinski definition) is 1.